The van der Waals surface area contributed by atoms with Crippen molar-refractivity contribution in [2.75, 3.05) is 32.5 Å². The molecule has 1 heterocycles. The van der Waals surface area contributed by atoms with Crippen molar-refractivity contribution in [2.45, 2.75) is 38.1 Å². The van der Waals surface area contributed by atoms with Crippen molar-refractivity contribution in [3.8, 4) is 5.75 Å². The Labute approximate surface area is 121 Å². The van der Waals surface area contributed by atoms with Crippen molar-refractivity contribution in [2.24, 2.45) is 0 Å². The maximum atomic E-state index is 9.16. The van der Waals surface area contributed by atoms with E-state index in [1.165, 1.54) is 24.8 Å². The van der Waals surface area contributed by atoms with Crippen molar-refractivity contribution in [3.63, 3.8) is 0 Å². The smallest absolute Gasteiger partial charge is 0.141 e. The van der Waals surface area contributed by atoms with Gasteiger partial charge in [-0.25, -0.2) is 0 Å². The van der Waals surface area contributed by atoms with Crippen LogP contribution in [0.5, 0.6) is 5.75 Å². The number of nitrogens with zero attached hydrogens (tertiary/aromatic N) is 1. The summed E-state index contributed by atoms with van der Waals surface area (Å²) >= 11 is 0. The summed E-state index contributed by atoms with van der Waals surface area (Å²) in [6, 6.07) is 6.57. The molecule has 112 valence electrons. The van der Waals surface area contributed by atoms with E-state index in [-0.39, 0.29) is 6.61 Å². The van der Waals surface area contributed by atoms with Gasteiger partial charge in [0.25, 0.3) is 0 Å². The Morgan fingerprint density at radius 2 is 2.25 bits per heavy atom. The molecular weight excluding hydrogens is 252 g/mol. The number of benzene rings is 1. The van der Waals surface area contributed by atoms with E-state index in [2.05, 4.69) is 11.0 Å². The first kappa shape index (κ1) is 15.1. The molecule has 20 heavy (non-hydrogen) atoms. The number of likely N-dealkylation sites (tertiary alicyclic amines) is 1. The van der Waals surface area contributed by atoms with E-state index in [4.69, 9.17) is 15.6 Å². The molecular formula is C16H26N2O2. The van der Waals surface area contributed by atoms with E-state index >= 15 is 0 Å². The zero-order valence-electron chi connectivity index (χ0n) is 12.3. The number of hydrogen-bond donors (Lipinski definition) is 2. The fourth-order valence-electron chi connectivity index (χ4n) is 3.04. The van der Waals surface area contributed by atoms with Crippen LogP contribution in [0.2, 0.25) is 0 Å². The first-order valence-corrected chi connectivity index (χ1v) is 7.52. The van der Waals surface area contributed by atoms with Gasteiger partial charge in [-0.3, -0.25) is 4.90 Å². The summed E-state index contributed by atoms with van der Waals surface area (Å²) in [6.45, 7) is 2.48. The SMILES string of the molecule is COc1ccc(CCN2CCCCC2CCO)cc1N. The van der Waals surface area contributed by atoms with E-state index < -0.39 is 0 Å². The predicted octanol–water partition coefficient (Wildman–Crippen LogP) is 2.06. The molecule has 1 atom stereocenters. The van der Waals surface area contributed by atoms with Gasteiger partial charge in [0.2, 0.25) is 0 Å². The van der Waals surface area contributed by atoms with E-state index in [0.29, 0.717) is 11.7 Å². The maximum Gasteiger partial charge on any atom is 0.141 e. The van der Waals surface area contributed by atoms with Crippen LogP contribution in [0, 0.1) is 0 Å². The highest BCUT2D eigenvalue weighted by Gasteiger charge is 2.21. The minimum atomic E-state index is 0.288. The van der Waals surface area contributed by atoms with Crippen LogP contribution < -0.4 is 10.5 Å². The molecule has 4 heteroatoms. The van der Waals surface area contributed by atoms with Gasteiger partial charge in [-0.15, -0.1) is 0 Å². The number of ether oxygens (including phenoxy) is 1. The average molecular weight is 278 g/mol. The Bertz CT molecular complexity index is 421. The second kappa shape index (κ2) is 7.50. The third kappa shape index (κ3) is 3.87. The molecule has 2 rings (SSSR count). The van der Waals surface area contributed by atoms with Crippen molar-refractivity contribution < 1.29 is 9.84 Å². The highest BCUT2D eigenvalue weighted by Crippen LogP contribution is 2.23. The van der Waals surface area contributed by atoms with Gasteiger partial charge in [-0.2, -0.15) is 0 Å². The van der Waals surface area contributed by atoms with Crippen LogP contribution in [0.1, 0.15) is 31.2 Å². The summed E-state index contributed by atoms with van der Waals surface area (Å²) in [5.41, 5.74) is 7.90. The van der Waals surface area contributed by atoms with Crippen molar-refractivity contribution in [1.29, 1.82) is 0 Å². The summed E-state index contributed by atoms with van der Waals surface area (Å²) in [5.74, 6) is 0.741. The molecule has 1 unspecified atom stereocenters. The second-order valence-electron chi connectivity index (χ2n) is 5.52. The first-order chi connectivity index (χ1) is 9.74. The minimum absolute atomic E-state index is 0.288. The number of nitrogen functional groups attached to an aromatic ring is 1. The van der Waals surface area contributed by atoms with Crippen LogP contribution in [-0.4, -0.2) is 42.9 Å². The Kier molecular flexibility index (Phi) is 5.68. The number of aliphatic hydroxyl groups is 1. The summed E-state index contributed by atoms with van der Waals surface area (Å²) in [6.07, 6.45) is 5.66. The number of nitrogens with two attached hydrogens (primary N) is 1. The summed E-state index contributed by atoms with van der Waals surface area (Å²) in [5, 5.41) is 9.16. The Morgan fingerprint density at radius 1 is 1.40 bits per heavy atom. The molecule has 0 amide bonds. The number of rotatable bonds is 6. The largest absolute Gasteiger partial charge is 0.495 e. The van der Waals surface area contributed by atoms with E-state index in [9.17, 15) is 0 Å². The van der Waals surface area contributed by atoms with Crippen LogP contribution >= 0.6 is 0 Å². The number of anilines is 1. The molecule has 1 saturated heterocycles. The van der Waals surface area contributed by atoms with Crippen LogP contribution in [0.3, 0.4) is 0 Å². The van der Waals surface area contributed by atoms with Crippen LogP contribution in [0.25, 0.3) is 0 Å². The quantitative estimate of drug-likeness (QED) is 0.782. The van der Waals surface area contributed by atoms with Crippen molar-refractivity contribution in [3.05, 3.63) is 23.8 Å². The third-order valence-corrected chi connectivity index (χ3v) is 4.19. The Hall–Kier alpha value is -1.26. The van der Waals surface area contributed by atoms with Gasteiger partial charge in [0.1, 0.15) is 5.75 Å². The highest BCUT2D eigenvalue weighted by molar-refractivity contribution is 5.54. The first-order valence-electron chi connectivity index (χ1n) is 7.52. The van der Waals surface area contributed by atoms with Gasteiger partial charge in [0, 0.05) is 19.2 Å². The zero-order valence-corrected chi connectivity index (χ0v) is 12.3. The Morgan fingerprint density at radius 3 is 2.95 bits per heavy atom. The van der Waals surface area contributed by atoms with Crippen molar-refractivity contribution in [1.82, 2.24) is 4.90 Å². The molecule has 1 aromatic rings. The molecule has 4 nitrogen and oxygen atoms in total. The molecule has 0 radical (unpaired) electrons. The minimum Gasteiger partial charge on any atom is -0.495 e. The lowest BCUT2D eigenvalue weighted by Crippen LogP contribution is -2.41. The number of hydrogen-bond acceptors (Lipinski definition) is 4. The lowest BCUT2D eigenvalue weighted by Gasteiger charge is -2.35. The second-order valence-corrected chi connectivity index (χ2v) is 5.52. The van der Waals surface area contributed by atoms with Gasteiger partial charge in [0.15, 0.2) is 0 Å². The van der Waals surface area contributed by atoms with E-state index in [0.717, 1.165) is 31.7 Å². The molecule has 1 fully saturated rings. The van der Waals surface area contributed by atoms with Crippen LogP contribution in [-0.2, 0) is 6.42 Å². The monoisotopic (exact) mass is 278 g/mol. The van der Waals surface area contributed by atoms with Crippen LogP contribution in [0.4, 0.5) is 5.69 Å². The molecule has 3 N–H and O–H groups in total. The van der Waals surface area contributed by atoms with Gasteiger partial charge < -0.3 is 15.6 Å². The predicted molar refractivity (Wildman–Crippen MR) is 82.0 cm³/mol. The zero-order chi connectivity index (χ0) is 14.4. The molecule has 0 saturated carbocycles. The normalized spacial score (nSPS) is 20.0. The number of piperidine rings is 1. The molecule has 0 aliphatic carbocycles. The third-order valence-electron chi connectivity index (χ3n) is 4.19. The molecule has 0 aromatic heterocycles. The van der Waals surface area contributed by atoms with Crippen molar-refractivity contribution >= 4 is 5.69 Å². The fourth-order valence-corrected chi connectivity index (χ4v) is 3.04. The molecule has 1 aromatic carbocycles. The summed E-state index contributed by atoms with van der Waals surface area (Å²) < 4.78 is 5.18. The molecule has 0 bridgehead atoms. The topological polar surface area (TPSA) is 58.7 Å². The van der Waals surface area contributed by atoms with Gasteiger partial charge >= 0.3 is 0 Å². The standard InChI is InChI=1S/C16H26N2O2/c1-20-16-6-5-13(12-15(16)17)7-10-18-9-3-2-4-14(18)8-11-19/h5-6,12,14,19H,2-4,7-11,17H2,1H3. The highest BCUT2D eigenvalue weighted by atomic mass is 16.5. The number of methoxy groups -OCH3 is 1. The number of aliphatic hydroxyl groups excluding tert-OH is 1. The lowest BCUT2D eigenvalue weighted by molar-refractivity contribution is 0.120. The van der Waals surface area contributed by atoms with Crippen LogP contribution in [0.15, 0.2) is 18.2 Å². The summed E-state index contributed by atoms with van der Waals surface area (Å²) in [4.78, 5) is 2.51. The maximum absolute atomic E-state index is 9.16. The Balaban J connectivity index is 1.91. The average Bonchev–Trinajstić information content (AvgIpc) is 2.47. The van der Waals surface area contributed by atoms with E-state index in [1.54, 1.807) is 7.11 Å². The lowest BCUT2D eigenvalue weighted by atomic mass is 9.99. The molecule has 0 spiro atoms. The summed E-state index contributed by atoms with van der Waals surface area (Å²) in [7, 11) is 1.64. The van der Waals surface area contributed by atoms with E-state index in [1.807, 2.05) is 12.1 Å². The molecule has 1 aliphatic heterocycles. The fraction of sp³-hybridized carbons (Fsp3) is 0.625. The van der Waals surface area contributed by atoms with Gasteiger partial charge in [-0.1, -0.05) is 12.5 Å². The van der Waals surface area contributed by atoms with Gasteiger partial charge in [0.05, 0.1) is 12.8 Å². The molecule has 1 aliphatic rings. The van der Waals surface area contributed by atoms with Gasteiger partial charge in [-0.05, 0) is 49.9 Å².